The average molecular weight is 624 g/mol. The number of likely N-dealkylation sites (N-methyl/N-ethyl adjacent to an activating group) is 1. The van der Waals surface area contributed by atoms with Gasteiger partial charge in [0, 0.05) is 61.6 Å². The molecule has 2 aliphatic heterocycles. The predicted octanol–water partition coefficient (Wildman–Crippen LogP) is 6.33. The zero-order valence-electron chi connectivity index (χ0n) is 24.4. The number of halogens is 2. The van der Waals surface area contributed by atoms with Crippen molar-refractivity contribution in [1.82, 2.24) is 9.80 Å². The highest BCUT2D eigenvalue weighted by Crippen LogP contribution is 2.40. The minimum atomic E-state index is -0.363. The zero-order chi connectivity index (χ0) is 30.5. The predicted molar refractivity (Wildman–Crippen MR) is 171 cm³/mol. The summed E-state index contributed by atoms with van der Waals surface area (Å²) in [5.74, 6) is -0.167. The molecule has 0 spiro atoms. The maximum absolute atomic E-state index is 14.0. The lowest BCUT2D eigenvalue weighted by atomic mass is 9.90. The van der Waals surface area contributed by atoms with Crippen molar-refractivity contribution >= 4 is 52.3 Å². The summed E-state index contributed by atoms with van der Waals surface area (Å²) >= 11 is 12.6. The molecule has 3 amide bonds. The molecule has 1 atom stereocenters. The molecule has 5 rings (SSSR count). The van der Waals surface area contributed by atoms with Crippen LogP contribution >= 0.6 is 23.2 Å². The van der Waals surface area contributed by atoms with Crippen LogP contribution in [0.3, 0.4) is 0 Å². The Bertz CT molecular complexity index is 1510. The van der Waals surface area contributed by atoms with E-state index in [0.717, 1.165) is 56.8 Å². The largest absolute Gasteiger partial charge is 0.496 e. The summed E-state index contributed by atoms with van der Waals surface area (Å²) < 4.78 is 5.60. The summed E-state index contributed by atoms with van der Waals surface area (Å²) in [5.41, 5.74) is 2.83. The Balaban J connectivity index is 1.36. The first-order chi connectivity index (χ1) is 20.8. The lowest BCUT2D eigenvalue weighted by molar-refractivity contribution is -0.133. The lowest BCUT2D eigenvalue weighted by Gasteiger charge is -2.35. The maximum Gasteiger partial charge on any atom is 0.262 e. The second-order valence-corrected chi connectivity index (χ2v) is 11.7. The fourth-order valence-corrected chi connectivity index (χ4v) is 6.28. The Morgan fingerprint density at radius 1 is 0.930 bits per heavy atom. The molecule has 3 aromatic rings. The number of piperazine rings is 1. The number of carbonyl (C=O) groups is 3. The Morgan fingerprint density at radius 3 is 2.42 bits per heavy atom. The standard InChI is InChI=1S/C33H36Cl2N4O4/c1-3-37-15-17-38(18-16-37)31(40)19-22-7-6-14-39(29-13-10-23(34)20-27(22)29)33(42)26-12-11-24(21-30(26)43-2)36-32(41)25-8-4-5-9-28(25)35/h4-5,8-13,20-22H,3,6-7,14-19H2,1-2H3,(H,36,41). The van der Waals surface area contributed by atoms with Gasteiger partial charge in [-0.3, -0.25) is 14.4 Å². The van der Waals surface area contributed by atoms with Crippen molar-refractivity contribution in [1.29, 1.82) is 0 Å². The minimum Gasteiger partial charge on any atom is -0.496 e. The van der Waals surface area contributed by atoms with E-state index in [-0.39, 0.29) is 23.6 Å². The highest BCUT2D eigenvalue weighted by Gasteiger charge is 2.31. The van der Waals surface area contributed by atoms with Gasteiger partial charge >= 0.3 is 0 Å². The molecular weight excluding hydrogens is 587 g/mol. The van der Waals surface area contributed by atoms with Crippen LogP contribution in [0.1, 0.15) is 58.4 Å². The van der Waals surface area contributed by atoms with Gasteiger partial charge in [-0.2, -0.15) is 0 Å². The molecule has 1 fully saturated rings. The van der Waals surface area contributed by atoms with E-state index in [0.29, 0.717) is 45.6 Å². The lowest BCUT2D eigenvalue weighted by Crippen LogP contribution is -2.48. The third-order valence-electron chi connectivity index (χ3n) is 8.30. The van der Waals surface area contributed by atoms with E-state index in [1.54, 1.807) is 53.4 Å². The fraction of sp³-hybridized carbons (Fsp3) is 0.364. The van der Waals surface area contributed by atoms with Gasteiger partial charge in [-0.25, -0.2) is 0 Å². The van der Waals surface area contributed by atoms with Gasteiger partial charge in [-0.1, -0.05) is 42.3 Å². The molecule has 1 unspecified atom stereocenters. The molecule has 0 saturated carbocycles. The number of hydrogen-bond acceptors (Lipinski definition) is 5. The molecule has 0 radical (unpaired) electrons. The van der Waals surface area contributed by atoms with E-state index in [1.165, 1.54) is 7.11 Å². The summed E-state index contributed by atoms with van der Waals surface area (Å²) in [6, 6.07) is 17.3. The number of fused-ring (bicyclic) bond motifs is 1. The molecule has 1 N–H and O–H groups in total. The molecule has 2 heterocycles. The van der Waals surface area contributed by atoms with Crippen molar-refractivity contribution in [3.63, 3.8) is 0 Å². The first kappa shape index (κ1) is 30.9. The second kappa shape index (κ2) is 13.8. The topological polar surface area (TPSA) is 82.2 Å². The molecule has 8 nitrogen and oxygen atoms in total. The van der Waals surface area contributed by atoms with Gasteiger partial charge in [0.2, 0.25) is 5.91 Å². The van der Waals surface area contributed by atoms with Gasteiger partial charge in [0.25, 0.3) is 11.8 Å². The third-order valence-corrected chi connectivity index (χ3v) is 8.87. The number of rotatable bonds is 7. The molecule has 0 aliphatic carbocycles. The van der Waals surface area contributed by atoms with Gasteiger partial charge in [-0.15, -0.1) is 0 Å². The summed E-state index contributed by atoms with van der Waals surface area (Å²) in [5, 5.41) is 3.74. The van der Waals surface area contributed by atoms with Crippen LogP contribution in [-0.2, 0) is 4.79 Å². The minimum absolute atomic E-state index is 0.0486. The summed E-state index contributed by atoms with van der Waals surface area (Å²) in [7, 11) is 1.49. The van der Waals surface area contributed by atoms with Gasteiger partial charge < -0.3 is 24.8 Å². The quantitative estimate of drug-likeness (QED) is 0.333. The number of nitrogens with zero attached hydrogens (tertiary/aromatic N) is 3. The molecule has 43 heavy (non-hydrogen) atoms. The van der Waals surface area contributed by atoms with E-state index >= 15 is 0 Å². The monoisotopic (exact) mass is 622 g/mol. The number of methoxy groups -OCH3 is 1. The number of anilines is 2. The van der Waals surface area contributed by atoms with E-state index < -0.39 is 0 Å². The highest BCUT2D eigenvalue weighted by molar-refractivity contribution is 6.34. The first-order valence-electron chi connectivity index (χ1n) is 14.6. The molecule has 226 valence electrons. The van der Waals surface area contributed by atoms with Crippen molar-refractivity contribution in [2.45, 2.75) is 32.1 Å². The Morgan fingerprint density at radius 2 is 1.70 bits per heavy atom. The van der Waals surface area contributed by atoms with Gasteiger partial charge in [0.1, 0.15) is 5.75 Å². The summed E-state index contributed by atoms with van der Waals surface area (Å²) in [6.07, 6.45) is 1.88. The van der Waals surface area contributed by atoms with E-state index in [1.807, 2.05) is 17.0 Å². The number of nitrogens with one attached hydrogen (secondary N) is 1. The van der Waals surface area contributed by atoms with E-state index in [2.05, 4.69) is 17.1 Å². The van der Waals surface area contributed by atoms with Gasteiger partial charge in [-0.05, 0) is 73.3 Å². The molecule has 0 bridgehead atoms. The van der Waals surface area contributed by atoms with Gasteiger partial charge in [0.15, 0.2) is 0 Å². The Hall–Kier alpha value is -3.59. The van der Waals surface area contributed by atoms with Crippen LogP contribution in [0.4, 0.5) is 11.4 Å². The highest BCUT2D eigenvalue weighted by atomic mass is 35.5. The smallest absolute Gasteiger partial charge is 0.262 e. The Labute approximate surface area is 262 Å². The van der Waals surface area contributed by atoms with Crippen molar-refractivity contribution in [2.75, 3.05) is 56.6 Å². The molecule has 1 saturated heterocycles. The van der Waals surface area contributed by atoms with Crippen LogP contribution < -0.4 is 15.0 Å². The zero-order valence-corrected chi connectivity index (χ0v) is 26.0. The number of hydrogen-bond donors (Lipinski definition) is 1. The normalized spacial score (nSPS) is 17.2. The number of benzene rings is 3. The van der Waals surface area contributed by atoms with E-state index in [4.69, 9.17) is 27.9 Å². The molecule has 3 aromatic carbocycles. The van der Waals surface area contributed by atoms with Crippen LogP contribution in [0.2, 0.25) is 10.0 Å². The second-order valence-electron chi connectivity index (χ2n) is 10.9. The van der Waals surface area contributed by atoms with Crippen LogP contribution in [-0.4, -0.2) is 73.9 Å². The van der Waals surface area contributed by atoms with Crippen molar-refractivity contribution in [3.8, 4) is 5.75 Å². The SMILES string of the molecule is CCN1CCN(C(=O)CC2CCCN(C(=O)c3ccc(NC(=O)c4ccccc4Cl)cc3OC)c3ccc(Cl)cc32)CC1. The number of ether oxygens (including phenoxy) is 1. The van der Waals surface area contributed by atoms with Gasteiger partial charge in [0.05, 0.1) is 23.3 Å². The maximum atomic E-state index is 14.0. The van der Waals surface area contributed by atoms with Crippen LogP contribution in [0.5, 0.6) is 5.75 Å². The molecule has 0 aromatic heterocycles. The van der Waals surface area contributed by atoms with Crippen molar-refractivity contribution < 1.29 is 19.1 Å². The fourth-order valence-electron chi connectivity index (χ4n) is 5.88. The third kappa shape index (κ3) is 6.98. The van der Waals surface area contributed by atoms with E-state index in [9.17, 15) is 14.4 Å². The first-order valence-corrected chi connectivity index (χ1v) is 15.4. The number of amides is 3. The van der Waals surface area contributed by atoms with Crippen molar-refractivity contribution in [2.24, 2.45) is 0 Å². The number of carbonyl (C=O) groups excluding carboxylic acids is 3. The molecule has 10 heteroatoms. The van der Waals surface area contributed by atoms with Crippen LogP contribution in [0.15, 0.2) is 60.7 Å². The summed E-state index contributed by atoms with van der Waals surface area (Å²) in [4.78, 5) is 46.2. The van der Waals surface area contributed by atoms with Crippen LogP contribution in [0, 0.1) is 0 Å². The van der Waals surface area contributed by atoms with Crippen LogP contribution in [0.25, 0.3) is 0 Å². The Kier molecular flexibility index (Phi) is 9.90. The molecule has 2 aliphatic rings. The summed E-state index contributed by atoms with van der Waals surface area (Å²) in [6.45, 7) is 6.87. The molecular formula is C33H36Cl2N4O4. The average Bonchev–Trinajstić information content (AvgIpc) is 3.19. The van der Waals surface area contributed by atoms with Crippen molar-refractivity contribution in [3.05, 3.63) is 87.4 Å².